The standard InChI is InChI=1S/C22H33.Li/c1-5-9-16-19(13-6-2)21(14-7-3)22(15-8-4)20-17-11-10-12-18-20;/h10-12,17-18H,5-9,13-15H2,1-4H3;/q-1;+1/b22-21-;. The van der Waals surface area contributed by atoms with Crippen molar-refractivity contribution in [3.63, 3.8) is 0 Å². The molecule has 0 atom stereocenters. The van der Waals surface area contributed by atoms with Gasteiger partial charge in [-0.2, -0.15) is 5.57 Å². The van der Waals surface area contributed by atoms with Crippen LogP contribution in [-0.4, -0.2) is 0 Å². The first-order chi connectivity index (χ1) is 10.8. The zero-order valence-corrected chi connectivity index (χ0v) is 16.0. The molecule has 1 aromatic rings. The molecule has 0 aliphatic rings. The Morgan fingerprint density at radius 2 is 1.39 bits per heavy atom. The minimum atomic E-state index is 0. The molecule has 0 spiro atoms. The molecule has 0 aromatic heterocycles. The fraction of sp³-hybridized carbons (Fsp3) is 0.545. The molecule has 1 aromatic carbocycles. The third-order valence-electron chi connectivity index (χ3n) is 3.94. The summed E-state index contributed by atoms with van der Waals surface area (Å²) in [7, 11) is 0. The molecule has 0 nitrogen and oxygen atoms in total. The van der Waals surface area contributed by atoms with Crippen molar-refractivity contribution in [2.45, 2.75) is 79.1 Å². The molecule has 23 heavy (non-hydrogen) atoms. The van der Waals surface area contributed by atoms with Crippen LogP contribution in [0.5, 0.6) is 0 Å². The first kappa shape index (κ1) is 22.3. The van der Waals surface area contributed by atoms with E-state index in [1.54, 1.807) is 11.1 Å². The molecule has 0 saturated carbocycles. The molecule has 0 saturated heterocycles. The third-order valence-corrected chi connectivity index (χ3v) is 3.94. The summed E-state index contributed by atoms with van der Waals surface area (Å²) < 4.78 is 0. The maximum atomic E-state index is 3.72. The van der Waals surface area contributed by atoms with E-state index in [0.29, 0.717) is 0 Å². The molecule has 0 unspecified atom stereocenters. The van der Waals surface area contributed by atoms with Crippen molar-refractivity contribution in [2.24, 2.45) is 0 Å². The number of hydrogen-bond donors (Lipinski definition) is 0. The number of rotatable bonds is 10. The van der Waals surface area contributed by atoms with Crippen molar-refractivity contribution in [3.05, 3.63) is 53.1 Å². The molecule has 0 fully saturated rings. The second-order valence-corrected chi connectivity index (χ2v) is 5.98. The monoisotopic (exact) mass is 304 g/mol. The number of benzene rings is 1. The van der Waals surface area contributed by atoms with Gasteiger partial charge in [-0.25, -0.2) is 5.57 Å². The molecule has 1 heteroatoms. The normalized spacial score (nSPS) is 12.6. The summed E-state index contributed by atoms with van der Waals surface area (Å²) in [5.74, 6) is 0. The molecule has 0 amide bonds. The van der Waals surface area contributed by atoms with Gasteiger partial charge in [-0.3, -0.25) is 6.08 Å². The maximum absolute atomic E-state index is 3.72. The average Bonchev–Trinajstić information content (AvgIpc) is 2.56. The largest absolute Gasteiger partial charge is 1.00 e. The Balaban J connectivity index is 0.00000484. The minimum absolute atomic E-state index is 0. The average molecular weight is 304 g/mol. The molecule has 0 aliphatic carbocycles. The van der Waals surface area contributed by atoms with Crippen LogP contribution in [0.3, 0.4) is 0 Å². The predicted molar refractivity (Wildman–Crippen MR) is 99.8 cm³/mol. The van der Waals surface area contributed by atoms with Crippen LogP contribution in [-0.2, 0) is 0 Å². The molecular weight excluding hydrogens is 271 g/mol. The fourth-order valence-corrected chi connectivity index (χ4v) is 2.96. The van der Waals surface area contributed by atoms with E-state index in [-0.39, 0.29) is 18.9 Å². The van der Waals surface area contributed by atoms with Crippen LogP contribution in [0.1, 0.15) is 84.6 Å². The van der Waals surface area contributed by atoms with Crippen LogP contribution >= 0.6 is 0 Å². The van der Waals surface area contributed by atoms with Gasteiger partial charge in [0.2, 0.25) is 0 Å². The Morgan fingerprint density at radius 1 is 0.783 bits per heavy atom. The summed E-state index contributed by atoms with van der Waals surface area (Å²) >= 11 is 0. The predicted octanol–water partition coefficient (Wildman–Crippen LogP) is 4.37. The smallest absolute Gasteiger partial charge is 0.272 e. The van der Waals surface area contributed by atoms with E-state index in [4.69, 9.17) is 0 Å². The second kappa shape index (κ2) is 13.7. The van der Waals surface area contributed by atoms with E-state index in [2.05, 4.69) is 64.1 Å². The van der Waals surface area contributed by atoms with Crippen LogP contribution in [0.25, 0.3) is 5.57 Å². The van der Waals surface area contributed by atoms with Gasteiger partial charge in [0.15, 0.2) is 0 Å². The first-order valence-electron chi connectivity index (χ1n) is 9.15. The summed E-state index contributed by atoms with van der Waals surface area (Å²) in [5, 5.41) is 0. The summed E-state index contributed by atoms with van der Waals surface area (Å²) in [6.45, 7) is 9.09. The summed E-state index contributed by atoms with van der Waals surface area (Å²) in [6, 6.07) is 11.0. The van der Waals surface area contributed by atoms with Gasteiger partial charge in [0.1, 0.15) is 0 Å². The molecule has 0 radical (unpaired) electrons. The Bertz CT molecular complexity index is 468. The Labute approximate surface area is 156 Å². The van der Waals surface area contributed by atoms with E-state index in [1.165, 1.54) is 49.7 Å². The van der Waals surface area contributed by atoms with Gasteiger partial charge in [0.25, 0.3) is 0 Å². The van der Waals surface area contributed by atoms with Crippen molar-refractivity contribution in [1.29, 1.82) is 0 Å². The zero-order chi connectivity index (χ0) is 16.2. The van der Waals surface area contributed by atoms with Gasteiger partial charge < -0.3 is 0 Å². The van der Waals surface area contributed by atoms with Gasteiger partial charge in [-0.15, -0.1) is 12.0 Å². The first-order valence-corrected chi connectivity index (χ1v) is 9.15. The van der Waals surface area contributed by atoms with Gasteiger partial charge in [-0.05, 0) is 12.0 Å². The number of allylic oxidation sites excluding steroid dienone is 4. The van der Waals surface area contributed by atoms with E-state index >= 15 is 0 Å². The molecule has 0 bridgehead atoms. The van der Waals surface area contributed by atoms with Crippen molar-refractivity contribution >= 4 is 5.57 Å². The molecule has 0 heterocycles. The maximum Gasteiger partial charge on any atom is 1.00 e. The summed E-state index contributed by atoms with van der Waals surface area (Å²) in [6.07, 6.45) is 13.1. The van der Waals surface area contributed by atoms with E-state index < -0.39 is 0 Å². The van der Waals surface area contributed by atoms with E-state index in [1.807, 2.05) is 0 Å². The fourth-order valence-electron chi connectivity index (χ4n) is 2.96. The second-order valence-electron chi connectivity index (χ2n) is 5.98. The Hall–Kier alpha value is -0.703. The Kier molecular flexibility index (Phi) is 13.3. The van der Waals surface area contributed by atoms with Gasteiger partial charge in [0, 0.05) is 0 Å². The van der Waals surface area contributed by atoms with Crippen LogP contribution < -0.4 is 18.9 Å². The van der Waals surface area contributed by atoms with Gasteiger partial charge in [-0.1, -0.05) is 96.6 Å². The minimum Gasteiger partial charge on any atom is -0.272 e. The van der Waals surface area contributed by atoms with Gasteiger partial charge in [0.05, 0.1) is 0 Å². The van der Waals surface area contributed by atoms with Crippen LogP contribution in [0.2, 0.25) is 0 Å². The molecule has 0 aliphatic heterocycles. The van der Waals surface area contributed by atoms with E-state index in [9.17, 15) is 0 Å². The zero-order valence-electron chi connectivity index (χ0n) is 16.0. The summed E-state index contributed by atoms with van der Waals surface area (Å²) in [4.78, 5) is 0. The third kappa shape index (κ3) is 7.60. The molecule has 122 valence electrons. The molecular formula is C22H33Li. The van der Waals surface area contributed by atoms with E-state index in [0.717, 1.165) is 12.8 Å². The molecule has 1 rings (SSSR count). The van der Waals surface area contributed by atoms with Crippen LogP contribution in [0.4, 0.5) is 0 Å². The van der Waals surface area contributed by atoms with Crippen molar-refractivity contribution in [2.75, 3.05) is 0 Å². The van der Waals surface area contributed by atoms with Gasteiger partial charge >= 0.3 is 18.9 Å². The van der Waals surface area contributed by atoms with Crippen molar-refractivity contribution in [1.82, 2.24) is 0 Å². The summed E-state index contributed by atoms with van der Waals surface area (Å²) in [5.41, 5.74) is 6.01. The van der Waals surface area contributed by atoms with Crippen LogP contribution in [0.15, 0.2) is 41.5 Å². The van der Waals surface area contributed by atoms with Crippen molar-refractivity contribution < 1.29 is 18.9 Å². The quantitative estimate of drug-likeness (QED) is 0.342. The number of hydrogen-bond acceptors (Lipinski definition) is 0. The molecule has 0 N–H and O–H groups in total. The van der Waals surface area contributed by atoms with Crippen molar-refractivity contribution in [3.8, 4) is 0 Å². The van der Waals surface area contributed by atoms with Crippen LogP contribution in [0, 0.1) is 6.08 Å². The number of unbranched alkanes of at least 4 members (excludes halogenated alkanes) is 1. The topological polar surface area (TPSA) is 0 Å². The Morgan fingerprint density at radius 3 is 1.91 bits per heavy atom. The SMILES string of the molecule is CCC[C-]=C(CCC)/C(CCC)=C(/CCC)c1ccccc1.[Li+].